The second kappa shape index (κ2) is 5.52. The number of carboxylic acids is 1. The third kappa shape index (κ3) is 2.53. The number of hydrogen-bond donors (Lipinski definition) is 1. The van der Waals surface area contributed by atoms with E-state index < -0.39 is 5.97 Å². The molecule has 4 nitrogen and oxygen atoms in total. The van der Waals surface area contributed by atoms with Crippen molar-refractivity contribution < 1.29 is 19.0 Å². The quantitative estimate of drug-likeness (QED) is 0.801. The van der Waals surface area contributed by atoms with Crippen LogP contribution < -0.4 is 4.74 Å². The Morgan fingerprint density at radius 1 is 1.23 bits per heavy atom. The molecule has 0 saturated carbocycles. The zero-order chi connectivity index (χ0) is 15.7. The zero-order valence-corrected chi connectivity index (χ0v) is 11.9. The molecule has 0 aliphatic carbocycles. The summed E-state index contributed by atoms with van der Waals surface area (Å²) in [6.07, 6.45) is 1.85. The van der Waals surface area contributed by atoms with Gasteiger partial charge in [0, 0.05) is 29.7 Å². The second-order valence-electron chi connectivity index (χ2n) is 5.01. The lowest BCUT2D eigenvalue weighted by Gasteiger charge is -2.06. The molecule has 0 aliphatic rings. The molecule has 3 rings (SSSR count). The van der Waals surface area contributed by atoms with Crippen molar-refractivity contribution in [3.8, 4) is 5.75 Å². The first kappa shape index (κ1) is 14.1. The van der Waals surface area contributed by atoms with Gasteiger partial charge in [0.2, 0.25) is 0 Å². The number of aromatic carboxylic acids is 1. The molecule has 0 unspecified atom stereocenters. The smallest absolute Gasteiger partial charge is 0.336 e. The number of halogens is 1. The van der Waals surface area contributed by atoms with Crippen LogP contribution in [0.2, 0.25) is 0 Å². The van der Waals surface area contributed by atoms with E-state index in [-0.39, 0.29) is 18.0 Å². The van der Waals surface area contributed by atoms with E-state index in [0.29, 0.717) is 11.1 Å². The van der Waals surface area contributed by atoms with E-state index in [1.165, 1.54) is 12.1 Å². The predicted octanol–water partition coefficient (Wildman–Crippen LogP) is 3.59. The van der Waals surface area contributed by atoms with Crippen LogP contribution in [0.15, 0.2) is 48.7 Å². The standard InChI is InChI=1S/C17H14FNO3/c1-19-9-11(10-22-13-7-5-12(18)6-8-13)16-14(17(20)21)3-2-4-15(16)19/h2-9H,10H2,1H3,(H,20,21). The summed E-state index contributed by atoms with van der Waals surface area (Å²) < 4.78 is 20.4. The summed E-state index contributed by atoms with van der Waals surface area (Å²) >= 11 is 0. The zero-order valence-electron chi connectivity index (χ0n) is 11.9. The summed E-state index contributed by atoms with van der Waals surface area (Å²) in [4.78, 5) is 11.4. The van der Waals surface area contributed by atoms with E-state index in [1.54, 1.807) is 24.3 Å². The summed E-state index contributed by atoms with van der Waals surface area (Å²) in [5.41, 5.74) is 1.85. The highest BCUT2D eigenvalue weighted by molar-refractivity contribution is 6.04. The van der Waals surface area contributed by atoms with E-state index >= 15 is 0 Å². The van der Waals surface area contributed by atoms with Gasteiger partial charge < -0.3 is 14.4 Å². The van der Waals surface area contributed by atoms with E-state index in [9.17, 15) is 14.3 Å². The molecule has 22 heavy (non-hydrogen) atoms. The summed E-state index contributed by atoms with van der Waals surface area (Å²) in [6.45, 7) is 0.216. The molecule has 1 aromatic heterocycles. The highest BCUT2D eigenvalue weighted by Crippen LogP contribution is 2.26. The molecule has 1 heterocycles. The van der Waals surface area contributed by atoms with Crippen molar-refractivity contribution in [1.29, 1.82) is 0 Å². The third-order valence-electron chi connectivity index (χ3n) is 3.53. The van der Waals surface area contributed by atoms with Gasteiger partial charge in [-0.2, -0.15) is 0 Å². The van der Waals surface area contributed by atoms with Crippen molar-refractivity contribution in [2.24, 2.45) is 7.05 Å². The lowest BCUT2D eigenvalue weighted by atomic mass is 10.1. The molecule has 0 atom stereocenters. The maximum Gasteiger partial charge on any atom is 0.336 e. The molecule has 2 aromatic carbocycles. The van der Waals surface area contributed by atoms with E-state index in [2.05, 4.69) is 0 Å². The summed E-state index contributed by atoms with van der Waals surface area (Å²) in [6, 6.07) is 10.9. The average molecular weight is 299 g/mol. The van der Waals surface area contributed by atoms with Crippen molar-refractivity contribution in [2.45, 2.75) is 6.61 Å². The first-order valence-corrected chi connectivity index (χ1v) is 6.75. The molecule has 112 valence electrons. The first-order chi connectivity index (χ1) is 10.6. The number of aryl methyl sites for hydroxylation is 1. The number of carboxylic acid groups (broad SMARTS) is 1. The van der Waals surface area contributed by atoms with Crippen LogP contribution in [0.4, 0.5) is 4.39 Å². The fraction of sp³-hybridized carbons (Fsp3) is 0.118. The highest BCUT2D eigenvalue weighted by Gasteiger charge is 2.15. The summed E-state index contributed by atoms with van der Waals surface area (Å²) in [5.74, 6) is -0.767. The normalized spacial score (nSPS) is 10.8. The van der Waals surface area contributed by atoms with Gasteiger partial charge in [-0.05, 0) is 36.4 Å². The van der Waals surface area contributed by atoms with Crippen LogP contribution in [0.25, 0.3) is 10.9 Å². The monoisotopic (exact) mass is 299 g/mol. The molecule has 0 fully saturated rings. The van der Waals surface area contributed by atoms with Crippen molar-refractivity contribution in [3.63, 3.8) is 0 Å². The number of nitrogens with zero attached hydrogens (tertiary/aromatic N) is 1. The predicted molar refractivity (Wildman–Crippen MR) is 80.6 cm³/mol. The minimum atomic E-state index is -0.972. The van der Waals surface area contributed by atoms with Crippen LogP contribution in [0.3, 0.4) is 0 Å². The van der Waals surface area contributed by atoms with Crippen LogP contribution in [0.5, 0.6) is 5.75 Å². The van der Waals surface area contributed by atoms with Crippen LogP contribution in [-0.2, 0) is 13.7 Å². The van der Waals surface area contributed by atoms with Gasteiger partial charge in [0.25, 0.3) is 0 Å². The van der Waals surface area contributed by atoms with Crippen molar-refractivity contribution in [2.75, 3.05) is 0 Å². The van der Waals surface area contributed by atoms with Gasteiger partial charge in [-0.1, -0.05) is 6.07 Å². The molecule has 1 N–H and O–H groups in total. The number of fused-ring (bicyclic) bond motifs is 1. The van der Waals surface area contributed by atoms with Crippen LogP contribution in [0, 0.1) is 5.82 Å². The minimum absolute atomic E-state index is 0.216. The number of carbonyl (C=O) groups is 1. The molecular weight excluding hydrogens is 285 g/mol. The van der Waals surface area contributed by atoms with Crippen molar-refractivity contribution in [1.82, 2.24) is 4.57 Å². The Morgan fingerprint density at radius 3 is 2.64 bits per heavy atom. The Bertz CT molecular complexity index is 837. The Balaban J connectivity index is 1.96. The molecule has 0 radical (unpaired) electrons. The molecule has 0 saturated heterocycles. The van der Waals surface area contributed by atoms with Crippen molar-refractivity contribution >= 4 is 16.9 Å². The van der Waals surface area contributed by atoms with Gasteiger partial charge in [0.15, 0.2) is 0 Å². The Labute approximate surface area is 126 Å². The van der Waals surface area contributed by atoms with Crippen molar-refractivity contribution in [3.05, 3.63) is 65.6 Å². The number of aromatic nitrogens is 1. The third-order valence-corrected chi connectivity index (χ3v) is 3.53. The number of hydrogen-bond acceptors (Lipinski definition) is 2. The minimum Gasteiger partial charge on any atom is -0.489 e. The maximum atomic E-state index is 12.9. The molecule has 0 bridgehead atoms. The molecule has 3 aromatic rings. The Hall–Kier alpha value is -2.82. The van der Waals surface area contributed by atoms with Gasteiger partial charge in [-0.3, -0.25) is 0 Å². The van der Waals surface area contributed by atoms with Gasteiger partial charge in [0.05, 0.1) is 5.56 Å². The molecule has 0 aliphatic heterocycles. The molecule has 0 spiro atoms. The van der Waals surface area contributed by atoms with E-state index in [4.69, 9.17) is 4.74 Å². The molecular formula is C17H14FNO3. The Kier molecular flexibility index (Phi) is 3.55. The number of ether oxygens (including phenoxy) is 1. The van der Waals surface area contributed by atoms with E-state index in [1.807, 2.05) is 23.9 Å². The fourth-order valence-corrected chi connectivity index (χ4v) is 2.52. The lowest BCUT2D eigenvalue weighted by molar-refractivity contribution is 0.0699. The lowest BCUT2D eigenvalue weighted by Crippen LogP contribution is -2.00. The maximum absolute atomic E-state index is 12.9. The Morgan fingerprint density at radius 2 is 1.95 bits per heavy atom. The first-order valence-electron chi connectivity index (χ1n) is 6.75. The largest absolute Gasteiger partial charge is 0.489 e. The van der Waals surface area contributed by atoms with Crippen LogP contribution in [0.1, 0.15) is 15.9 Å². The van der Waals surface area contributed by atoms with Gasteiger partial charge >= 0.3 is 5.97 Å². The fourth-order valence-electron chi connectivity index (χ4n) is 2.52. The summed E-state index contributed by atoms with van der Waals surface area (Å²) in [5, 5.41) is 10.0. The average Bonchev–Trinajstić information content (AvgIpc) is 2.83. The molecule has 0 amide bonds. The molecule has 5 heteroatoms. The highest BCUT2D eigenvalue weighted by atomic mass is 19.1. The topological polar surface area (TPSA) is 51.5 Å². The van der Waals surface area contributed by atoms with E-state index in [0.717, 1.165) is 11.1 Å². The number of rotatable bonds is 4. The summed E-state index contributed by atoms with van der Waals surface area (Å²) in [7, 11) is 1.86. The van der Waals surface area contributed by atoms with Gasteiger partial charge in [-0.15, -0.1) is 0 Å². The van der Waals surface area contributed by atoms with Crippen LogP contribution in [-0.4, -0.2) is 15.6 Å². The van der Waals surface area contributed by atoms with Gasteiger partial charge in [-0.25, -0.2) is 9.18 Å². The number of benzene rings is 2. The van der Waals surface area contributed by atoms with Crippen LogP contribution >= 0.6 is 0 Å². The second-order valence-corrected chi connectivity index (χ2v) is 5.01. The van der Waals surface area contributed by atoms with Gasteiger partial charge in [0.1, 0.15) is 18.2 Å². The SMILES string of the molecule is Cn1cc(COc2ccc(F)cc2)c2c(C(=O)O)cccc21.